The van der Waals surface area contributed by atoms with Gasteiger partial charge in [0.15, 0.2) is 0 Å². The molecule has 0 saturated carbocycles. The van der Waals surface area contributed by atoms with Crippen molar-refractivity contribution in [2.24, 2.45) is 0 Å². The first kappa shape index (κ1) is 18.9. The second-order valence-corrected chi connectivity index (χ2v) is 5.86. The molecule has 0 aliphatic heterocycles. The monoisotopic (exact) mass is 363 g/mol. The van der Waals surface area contributed by atoms with Crippen molar-refractivity contribution in [2.75, 3.05) is 13.2 Å². The van der Waals surface area contributed by atoms with Crippen LogP contribution in [-0.2, 0) is 0 Å². The van der Waals surface area contributed by atoms with Crippen molar-refractivity contribution in [3.8, 4) is 17.2 Å². The molecule has 0 aromatic heterocycles. The molecular formula is C19H22ClNO4. The van der Waals surface area contributed by atoms with Crippen LogP contribution in [0, 0.1) is 0 Å². The lowest BCUT2D eigenvalue weighted by Crippen LogP contribution is -2.30. The predicted molar refractivity (Wildman–Crippen MR) is 97.8 cm³/mol. The fourth-order valence-corrected chi connectivity index (χ4v) is 2.02. The number of carbonyl (C=O) groups is 1. The maximum absolute atomic E-state index is 11.6. The van der Waals surface area contributed by atoms with Gasteiger partial charge < -0.3 is 19.5 Å². The topological polar surface area (TPSA) is 56.8 Å². The van der Waals surface area contributed by atoms with Crippen molar-refractivity contribution in [3.05, 3.63) is 53.6 Å². The highest BCUT2D eigenvalue weighted by Gasteiger charge is 2.04. The van der Waals surface area contributed by atoms with Crippen LogP contribution in [-0.4, -0.2) is 25.3 Å². The lowest BCUT2D eigenvalue weighted by Gasteiger charge is -2.13. The van der Waals surface area contributed by atoms with Gasteiger partial charge in [-0.25, -0.2) is 4.79 Å². The zero-order chi connectivity index (χ0) is 18.1. The largest absolute Gasteiger partial charge is 0.492 e. The normalized spacial score (nSPS) is 11.5. The lowest BCUT2D eigenvalue weighted by atomic mass is 10.3. The molecule has 0 aliphatic carbocycles. The summed E-state index contributed by atoms with van der Waals surface area (Å²) in [5, 5.41) is 3.20. The third-order valence-corrected chi connectivity index (χ3v) is 3.65. The third-order valence-electron chi connectivity index (χ3n) is 3.40. The van der Waals surface area contributed by atoms with Crippen molar-refractivity contribution in [2.45, 2.75) is 26.4 Å². The molecule has 2 rings (SSSR count). The summed E-state index contributed by atoms with van der Waals surface area (Å²) in [4.78, 5) is 11.6. The van der Waals surface area contributed by atoms with Gasteiger partial charge in [0, 0.05) is 5.02 Å². The Kier molecular flexibility index (Phi) is 7.41. The average Bonchev–Trinajstić information content (AvgIpc) is 2.62. The quantitative estimate of drug-likeness (QED) is 0.691. The molecule has 2 aromatic carbocycles. The van der Waals surface area contributed by atoms with Gasteiger partial charge >= 0.3 is 6.09 Å². The molecule has 0 radical (unpaired) electrons. The third kappa shape index (κ3) is 6.93. The Morgan fingerprint density at radius 1 is 1.04 bits per heavy atom. The van der Waals surface area contributed by atoms with E-state index >= 15 is 0 Å². The number of hydrogen-bond donors (Lipinski definition) is 1. The van der Waals surface area contributed by atoms with Crippen molar-refractivity contribution in [1.82, 2.24) is 5.32 Å². The van der Waals surface area contributed by atoms with Crippen molar-refractivity contribution < 1.29 is 19.0 Å². The molecule has 0 saturated heterocycles. The van der Waals surface area contributed by atoms with Gasteiger partial charge in [-0.05, 0) is 61.9 Å². The minimum absolute atomic E-state index is 0.183. The number of rotatable bonds is 8. The summed E-state index contributed by atoms with van der Waals surface area (Å²) in [6, 6.07) is 14.0. The Hall–Kier alpha value is -2.40. The summed E-state index contributed by atoms with van der Waals surface area (Å²) >= 11 is 5.77. The second kappa shape index (κ2) is 9.79. The van der Waals surface area contributed by atoms with E-state index in [1.54, 1.807) is 24.3 Å². The first-order valence-corrected chi connectivity index (χ1v) is 8.55. The van der Waals surface area contributed by atoms with Crippen LogP contribution in [0.3, 0.4) is 0 Å². The van der Waals surface area contributed by atoms with Gasteiger partial charge in [0.2, 0.25) is 0 Å². The Balaban J connectivity index is 1.66. The number of nitrogens with one attached hydrogen (secondary N) is 1. The molecule has 1 atom stereocenters. The fraction of sp³-hybridized carbons (Fsp3) is 0.316. The maximum atomic E-state index is 11.6. The van der Waals surface area contributed by atoms with Gasteiger partial charge in [-0.15, -0.1) is 0 Å². The van der Waals surface area contributed by atoms with Gasteiger partial charge in [-0.3, -0.25) is 0 Å². The van der Waals surface area contributed by atoms with Gasteiger partial charge in [0.1, 0.15) is 23.9 Å². The summed E-state index contributed by atoms with van der Waals surface area (Å²) in [6.07, 6.45) is 0.599. The van der Waals surface area contributed by atoms with E-state index in [2.05, 4.69) is 12.2 Å². The number of amides is 1. The smallest absolute Gasteiger partial charge is 0.412 e. The Labute approximate surface area is 152 Å². The summed E-state index contributed by atoms with van der Waals surface area (Å²) in [5.41, 5.74) is 0. The van der Waals surface area contributed by atoms with Crippen LogP contribution >= 0.6 is 11.6 Å². The molecule has 0 spiro atoms. The Morgan fingerprint density at radius 2 is 1.64 bits per heavy atom. The molecule has 0 fully saturated rings. The molecule has 25 heavy (non-hydrogen) atoms. The SMILES string of the molecule is CCC(C)Oc1ccc(OCCNC(=O)Oc2ccc(Cl)cc2)cc1. The summed E-state index contributed by atoms with van der Waals surface area (Å²) in [6.45, 7) is 4.77. The molecule has 1 amide bonds. The molecule has 0 aliphatic rings. The Bertz CT molecular complexity index is 658. The number of carbonyl (C=O) groups excluding carboxylic acids is 1. The van der Waals surface area contributed by atoms with E-state index in [0.717, 1.165) is 12.2 Å². The molecule has 0 heterocycles. The van der Waals surface area contributed by atoms with Crippen LogP contribution in [0.4, 0.5) is 4.79 Å². The van der Waals surface area contributed by atoms with E-state index in [9.17, 15) is 4.79 Å². The first-order valence-electron chi connectivity index (χ1n) is 8.17. The molecule has 1 N–H and O–H groups in total. The minimum atomic E-state index is -0.539. The van der Waals surface area contributed by atoms with Crippen LogP contribution in [0.25, 0.3) is 0 Å². The number of benzene rings is 2. The van der Waals surface area contributed by atoms with E-state index in [4.69, 9.17) is 25.8 Å². The summed E-state index contributed by atoms with van der Waals surface area (Å²) in [7, 11) is 0. The van der Waals surface area contributed by atoms with E-state index in [1.165, 1.54) is 0 Å². The van der Waals surface area contributed by atoms with E-state index in [1.807, 2.05) is 31.2 Å². The maximum Gasteiger partial charge on any atom is 0.412 e. The molecule has 5 nitrogen and oxygen atoms in total. The van der Waals surface area contributed by atoms with Crippen molar-refractivity contribution in [3.63, 3.8) is 0 Å². The molecule has 2 aromatic rings. The number of hydrogen-bond acceptors (Lipinski definition) is 4. The van der Waals surface area contributed by atoms with Crippen LogP contribution < -0.4 is 19.5 Å². The van der Waals surface area contributed by atoms with Crippen molar-refractivity contribution >= 4 is 17.7 Å². The van der Waals surface area contributed by atoms with Crippen LogP contribution in [0.1, 0.15) is 20.3 Å². The first-order chi connectivity index (χ1) is 12.1. The van der Waals surface area contributed by atoms with E-state index in [-0.39, 0.29) is 6.10 Å². The lowest BCUT2D eigenvalue weighted by molar-refractivity contribution is 0.197. The predicted octanol–water partition coefficient (Wildman–Crippen LogP) is 4.68. The summed E-state index contributed by atoms with van der Waals surface area (Å²) < 4.78 is 16.4. The Morgan fingerprint density at radius 3 is 2.28 bits per heavy atom. The highest BCUT2D eigenvalue weighted by Crippen LogP contribution is 2.19. The fourth-order valence-electron chi connectivity index (χ4n) is 1.90. The van der Waals surface area contributed by atoms with Gasteiger partial charge in [0.05, 0.1) is 12.6 Å². The highest BCUT2D eigenvalue weighted by molar-refractivity contribution is 6.30. The molecule has 0 bridgehead atoms. The molecule has 6 heteroatoms. The van der Waals surface area contributed by atoms with Crippen LogP contribution in [0.5, 0.6) is 17.2 Å². The molecular weight excluding hydrogens is 342 g/mol. The van der Waals surface area contributed by atoms with E-state index < -0.39 is 6.09 Å². The minimum Gasteiger partial charge on any atom is -0.492 e. The highest BCUT2D eigenvalue weighted by atomic mass is 35.5. The zero-order valence-corrected chi connectivity index (χ0v) is 15.1. The van der Waals surface area contributed by atoms with E-state index in [0.29, 0.717) is 29.7 Å². The zero-order valence-electron chi connectivity index (χ0n) is 14.3. The van der Waals surface area contributed by atoms with Crippen LogP contribution in [0.15, 0.2) is 48.5 Å². The van der Waals surface area contributed by atoms with Gasteiger partial charge in [-0.1, -0.05) is 18.5 Å². The van der Waals surface area contributed by atoms with Crippen LogP contribution in [0.2, 0.25) is 5.02 Å². The van der Waals surface area contributed by atoms with Gasteiger partial charge in [-0.2, -0.15) is 0 Å². The molecule has 134 valence electrons. The standard InChI is InChI=1S/C19H22ClNO4/c1-3-14(2)24-17-10-8-16(9-11-17)23-13-12-21-19(22)25-18-6-4-15(20)5-7-18/h4-11,14H,3,12-13H2,1-2H3,(H,21,22). The average molecular weight is 364 g/mol. The number of halogens is 1. The number of ether oxygens (including phenoxy) is 3. The second-order valence-electron chi connectivity index (χ2n) is 5.43. The van der Waals surface area contributed by atoms with Crippen molar-refractivity contribution in [1.29, 1.82) is 0 Å². The van der Waals surface area contributed by atoms with Gasteiger partial charge in [0.25, 0.3) is 0 Å². The summed E-state index contributed by atoms with van der Waals surface area (Å²) in [5.74, 6) is 1.95. The molecule has 1 unspecified atom stereocenters.